The fraction of sp³-hybridized carbons (Fsp3) is 0.222. The molecule has 1 aromatic heterocycles. The monoisotopic (exact) mass is 404 g/mol. The number of hydrogen-bond donors (Lipinski definition) is 1. The number of benzene rings is 2. The van der Waals surface area contributed by atoms with Gasteiger partial charge >= 0.3 is 0 Å². The Morgan fingerprint density at radius 2 is 1.78 bits per heavy atom. The van der Waals surface area contributed by atoms with Crippen molar-refractivity contribution in [2.24, 2.45) is 0 Å². The molecule has 0 spiro atoms. The van der Waals surface area contributed by atoms with E-state index in [1.54, 1.807) is 12.1 Å². The smallest absolute Gasteiger partial charge is 0.243 e. The molecule has 9 heteroatoms. The highest BCUT2D eigenvalue weighted by Gasteiger charge is 2.26. The number of nitrogens with two attached hydrogens (primary N) is 1. The number of ether oxygens (including phenoxy) is 1. The van der Waals surface area contributed by atoms with E-state index in [-0.39, 0.29) is 11.4 Å². The molecule has 0 radical (unpaired) electrons. The summed E-state index contributed by atoms with van der Waals surface area (Å²) in [7, 11) is -2.17. The van der Waals surface area contributed by atoms with Crippen molar-refractivity contribution in [1.82, 2.24) is 14.5 Å². The summed E-state index contributed by atoms with van der Waals surface area (Å²) in [6.07, 6.45) is 0.588. The van der Waals surface area contributed by atoms with Crippen molar-refractivity contribution in [2.75, 3.05) is 19.4 Å². The SMILES string of the molecule is COc1ccc(S(=O)(=O)N(CCc2ccccc2)Cc2nnc(N)s2)cc1. The van der Waals surface area contributed by atoms with Crippen molar-refractivity contribution in [1.29, 1.82) is 0 Å². The van der Waals surface area contributed by atoms with Crippen molar-refractivity contribution < 1.29 is 13.2 Å². The zero-order valence-corrected chi connectivity index (χ0v) is 16.4. The molecule has 0 fully saturated rings. The van der Waals surface area contributed by atoms with E-state index in [9.17, 15) is 8.42 Å². The molecule has 0 unspecified atom stereocenters. The largest absolute Gasteiger partial charge is 0.497 e. The van der Waals surface area contributed by atoms with Gasteiger partial charge in [-0.1, -0.05) is 41.7 Å². The molecule has 0 aliphatic heterocycles. The Balaban J connectivity index is 1.86. The molecule has 2 aromatic carbocycles. The van der Waals surface area contributed by atoms with Crippen LogP contribution in [0, 0.1) is 0 Å². The molecule has 0 amide bonds. The second kappa shape index (κ2) is 8.47. The van der Waals surface area contributed by atoms with E-state index in [2.05, 4.69) is 10.2 Å². The molecule has 0 aliphatic carbocycles. The summed E-state index contributed by atoms with van der Waals surface area (Å²) in [4.78, 5) is 0.203. The summed E-state index contributed by atoms with van der Waals surface area (Å²) in [6, 6.07) is 16.1. The van der Waals surface area contributed by atoms with Crippen LogP contribution in [0.1, 0.15) is 10.6 Å². The van der Waals surface area contributed by atoms with Gasteiger partial charge in [-0.25, -0.2) is 8.42 Å². The zero-order valence-electron chi connectivity index (χ0n) is 14.8. The van der Waals surface area contributed by atoms with Gasteiger partial charge in [0.2, 0.25) is 15.2 Å². The number of sulfonamides is 1. The van der Waals surface area contributed by atoms with Crippen LogP contribution in [-0.2, 0) is 23.0 Å². The standard InChI is InChI=1S/C18H20N4O3S2/c1-25-15-7-9-16(10-8-15)27(23,24)22(13-17-20-21-18(19)26-17)12-11-14-5-3-2-4-6-14/h2-10H,11-13H2,1H3,(H2,19,21). The van der Waals surface area contributed by atoms with Crippen LogP contribution in [0.3, 0.4) is 0 Å². The molecule has 0 bridgehead atoms. The fourth-order valence-electron chi connectivity index (χ4n) is 2.56. The van der Waals surface area contributed by atoms with E-state index < -0.39 is 10.0 Å². The molecule has 3 rings (SSSR count). The van der Waals surface area contributed by atoms with Crippen molar-refractivity contribution in [3.05, 3.63) is 65.2 Å². The maximum absolute atomic E-state index is 13.2. The van der Waals surface area contributed by atoms with Crippen LogP contribution in [0.5, 0.6) is 5.75 Å². The minimum absolute atomic E-state index is 0.121. The summed E-state index contributed by atoms with van der Waals surface area (Å²) in [6.45, 7) is 0.438. The number of aromatic nitrogens is 2. The van der Waals surface area contributed by atoms with Crippen LogP contribution in [0.15, 0.2) is 59.5 Å². The third-order valence-electron chi connectivity index (χ3n) is 3.98. The number of rotatable bonds is 8. The van der Waals surface area contributed by atoms with Crippen molar-refractivity contribution >= 4 is 26.5 Å². The van der Waals surface area contributed by atoms with Crippen LogP contribution in [0.25, 0.3) is 0 Å². The first-order valence-electron chi connectivity index (χ1n) is 8.25. The number of anilines is 1. The number of methoxy groups -OCH3 is 1. The second-order valence-corrected chi connectivity index (χ2v) is 8.82. The van der Waals surface area contributed by atoms with Crippen molar-refractivity contribution in [2.45, 2.75) is 17.9 Å². The number of nitrogens with zero attached hydrogens (tertiary/aromatic N) is 3. The Morgan fingerprint density at radius 3 is 2.37 bits per heavy atom. The Labute approximate surface area is 162 Å². The first-order chi connectivity index (χ1) is 13.0. The molecule has 0 aliphatic rings. The maximum atomic E-state index is 13.2. The van der Waals surface area contributed by atoms with Gasteiger partial charge in [-0.05, 0) is 36.2 Å². The summed E-state index contributed by atoms with van der Waals surface area (Å²) in [5.41, 5.74) is 6.69. The van der Waals surface area contributed by atoms with E-state index in [0.717, 1.165) is 5.56 Å². The van der Waals surface area contributed by atoms with Gasteiger partial charge in [0, 0.05) is 6.54 Å². The molecule has 1 heterocycles. The lowest BCUT2D eigenvalue weighted by atomic mass is 10.1. The fourth-order valence-corrected chi connectivity index (χ4v) is 4.67. The highest BCUT2D eigenvalue weighted by Crippen LogP contribution is 2.23. The lowest BCUT2D eigenvalue weighted by Gasteiger charge is -2.21. The Bertz CT molecular complexity index is 973. The van der Waals surface area contributed by atoms with Gasteiger partial charge in [0.1, 0.15) is 10.8 Å². The molecule has 27 heavy (non-hydrogen) atoms. The lowest BCUT2D eigenvalue weighted by molar-refractivity contribution is 0.406. The molecule has 142 valence electrons. The van der Waals surface area contributed by atoms with E-state index in [4.69, 9.17) is 10.5 Å². The normalized spacial score (nSPS) is 11.6. The Morgan fingerprint density at radius 1 is 1.07 bits per heavy atom. The highest BCUT2D eigenvalue weighted by atomic mass is 32.2. The zero-order chi connectivity index (χ0) is 19.3. The van der Waals surface area contributed by atoms with Gasteiger partial charge in [-0.15, -0.1) is 10.2 Å². The van der Waals surface area contributed by atoms with Gasteiger partial charge < -0.3 is 10.5 Å². The maximum Gasteiger partial charge on any atom is 0.243 e. The van der Waals surface area contributed by atoms with Crippen molar-refractivity contribution in [3.8, 4) is 5.75 Å². The number of hydrogen-bond acceptors (Lipinski definition) is 7. The molecule has 3 aromatic rings. The summed E-state index contributed by atoms with van der Waals surface area (Å²) >= 11 is 1.18. The topological polar surface area (TPSA) is 98.4 Å². The molecule has 2 N–H and O–H groups in total. The summed E-state index contributed by atoms with van der Waals surface area (Å²) in [5, 5.41) is 8.60. The van der Waals surface area contributed by atoms with E-state index in [1.165, 1.54) is 34.9 Å². The molecular weight excluding hydrogens is 384 g/mol. The average molecular weight is 405 g/mol. The van der Waals surface area contributed by atoms with Crippen LogP contribution in [0.2, 0.25) is 0 Å². The lowest BCUT2D eigenvalue weighted by Crippen LogP contribution is -2.32. The summed E-state index contributed by atoms with van der Waals surface area (Å²) in [5.74, 6) is 0.599. The highest BCUT2D eigenvalue weighted by molar-refractivity contribution is 7.89. The predicted molar refractivity (Wildman–Crippen MR) is 105 cm³/mol. The molecule has 7 nitrogen and oxygen atoms in total. The van der Waals surface area contributed by atoms with Crippen LogP contribution in [-0.4, -0.2) is 36.6 Å². The Hall–Kier alpha value is -2.49. The van der Waals surface area contributed by atoms with E-state index in [0.29, 0.717) is 28.9 Å². The van der Waals surface area contributed by atoms with Gasteiger partial charge in [0.05, 0.1) is 18.6 Å². The average Bonchev–Trinajstić information content (AvgIpc) is 3.10. The first kappa shape index (κ1) is 19.3. The molecule has 0 saturated heterocycles. The van der Waals surface area contributed by atoms with Crippen LogP contribution >= 0.6 is 11.3 Å². The third kappa shape index (κ3) is 4.82. The minimum Gasteiger partial charge on any atom is -0.497 e. The van der Waals surface area contributed by atoms with Gasteiger partial charge in [0.15, 0.2) is 0 Å². The molecule has 0 saturated carbocycles. The predicted octanol–water partition coefficient (Wildman–Crippen LogP) is 2.56. The van der Waals surface area contributed by atoms with E-state index in [1.807, 2.05) is 30.3 Å². The van der Waals surface area contributed by atoms with Gasteiger partial charge in [0.25, 0.3) is 0 Å². The first-order valence-corrected chi connectivity index (χ1v) is 10.5. The summed E-state index contributed by atoms with van der Waals surface area (Å²) < 4.78 is 32.9. The number of nitrogen functional groups attached to an aromatic ring is 1. The van der Waals surface area contributed by atoms with Crippen LogP contribution < -0.4 is 10.5 Å². The minimum atomic E-state index is -3.71. The van der Waals surface area contributed by atoms with Gasteiger partial charge in [-0.3, -0.25) is 0 Å². The third-order valence-corrected chi connectivity index (χ3v) is 6.58. The quantitative estimate of drug-likeness (QED) is 0.620. The van der Waals surface area contributed by atoms with Crippen LogP contribution in [0.4, 0.5) is 5.13 Å². The van der Waals surface area contributed by atoms with E-state index >= 15 is 0 Å². The molecule has 0 atom stereocenters. The molecular formula is C18H20N4O3S2. The van der Waals surface area contributed by atoms with Gasteiger partial charge in [-0.2, -0.15) is 4.31 Å². The second-order valence-electron chi connectivity index (χ2n) is 5.78. The Kier molecular flexibility index (Phi) is 6.04. The van der Waals surface area contributed by atoms with Crippen molar-refractivity contribution in [3.63, 3.8) is 0 Å².